The molecular formula is C17H12N4O4S. The first kappa shape index (κ1) is 16.0. The summed E-state index contributed by atoms with van der Waals surface area (Å²) in [6, 6.07) is 6.79. The van der Waals surface area contributed by atoms with E-state index in [1.165, 1.54) is 29.9 Å². The molecule has 2 N–H and O–H groups in total. The molecule has 1 aliphatic rings. The number of hydrogen-bond donors (Lipinski definition) is 2. The number of anilines is 2. The number of carbonyl (C=O) groups excluding carboxylic acids is 2. The quantitative estimate of drug-likeness (QED) is 0.734. The van der Waals surface area contributed by atoms with Crippen LogP contribution in [0.4, 0.5) is 11.4 Å². The maximum atomic E-state index is 12.6. The van der Waals surface area contributed by atoms with Crippen LogP contribution in [0.3, 0.4) is 0 Å². The third-order valence-electron chi connectivity index (χ3n) is 3.55. The van der Waals surface area contributed by atoms with Gasteiger partial charge in [-0.1, -0.05) is 0 Å². The van der Waals surface area contributed by atoms with Gasteiger partial charge >= 0.3 is 0 Å². The van der Waals surface area contributed by atoms with Gasteiger partial charge in [0.15, 0.2) is 11.5 Å². The van der Waals surface area contributed by atoms with Crippen LogP contribution in [-0.4, -0.2) is 28.6 Å². The first-order chi connectivity index (χ1) is 12.7. The van der Waals surface area contributed by atoms with Crippen LogP contribution >= 0.6 is 11.3 Å². The highest BCUT2D eigenvalue weighted by Gasteiger charge is 2.18. The van der Waals surface area contributed by atoms with Gasteiger partial charge in [-0.2, -0.15) is 0 Å². The van der Waals surface area contributed by atoms with Gasteiger partial charge in [-0.25, -0.2) is 4.98 Å². The lowest BCUT2D eigenvalue weighted by atomic mass is 10.2. The molecular weight excluding hydrogens is 356 g/mol. The Bertz CT molecular complexity index is 974. The normalized spacial score (nSPS) is 11.8. The number of amides is 2. The van der Waals surface area contributed by atoms with Crippen LogP contribution in [0.2, 0.25) is 0 Å². The summed E-state index contributed by atoms with van der Waals surface area (Å²) in [5.74, 6) is 0.433. The van der Waals surface area contributed by atoms with Crippen LogP contribution < -0.4 is 20.1 Å². The molecule has 3 heterocycles. The number of fused-ring (bicyclic) bond motifs is 1. The van der Waals surface area contributed by atoms with E-state index >= 15 is 0 Å². The molecule has 2 amide bonds. The minimum Gasteiger partial charge on any atom is -0.454 e. The van der Waals surface area contributed by atoms with Gasteiger partial charge in [0.1, 0.15) is 10.6 Å². The molecule has 2 aromatic heterocycles. The van der Waals surface area contributed by atoms with Crippen LogP contribution in [-0.2, 0) is 0 Å². The summed E-state index contributed by atoms with van der Waals surface area (Å²) in [4.78, 5) is 32.9. The molecule has 26 heavy (non-hydrogen) atoms. The zero-order valence-electron chi connectivity index (χ0n) is 13.3. The number of aromatic nitrogens is 2. The van der Waals surface area contributed by atoms with Gasteiger partial charge in [-0.3, -0.25) is 14.6 Å². The van der Waals surface area contributed by atoms with E-state index in [1.807, 2.05) is 0 Å². The predicted octanol–water partition coefficient (Wildman–Crippen LogP) is 2.77. The summed E-state index contributed by atoms with van der Waals surface area (Å²) < 4.78 is 10.5. The molecule has 0 radical (unpaired) electrons. The van der Waals surface area contributed by atoms with Gasteiger partial charge in [-0.15, -0.1) is 11.3 Å². The van der Waals surface area contributed by atoms with Crippen molar-refractivity contribution in [2.45, 2.75) is 0 Å². The molecule has 1 aliphatic heterocycles. The topological polar surface area (TPSA) is 102 Å². The summed E-state index contributed by atoms with van der Waals surface area (Å²) >= 11 is 1.22. The maximum Gasteiger partial charge on any atom is 0.275 e. The first-order valence-electron chi connectivity index (χ1n) is 7.56. The number of rotatable bonds is 4. The number of nitrogens with zero attached hydrogens (tertiary/aromatic N) is 2. The summed E-state index contributed by atoms with van der Waals surface area (Å²) in [6.07, 6.45) is 4.26. The lowest BCUT2D eigenvalue weighted by Crippen LogP contribution is -2.17. The molecule has 0 atom stereocenters. The van der Waals surface area contributed by atoms with Crippen molar-refractivity contribution in [1.82, 2.24) is 9.97 Å². The third-order valence-corrected chi connectivity index (χ3v) is 4.46. The van der Waals surface area contributed by atoms with E-state index in [9.17, 15) is 9.59 Å². The first-order valence-corrected chi connectivity index (χ1v) is 8.44. The summed E-state index contributed by atoms with van der Waals surface area (Å²) in [5, 5.41) is 7.19. The summed E-state index contributed by atoms with van der Waals surface area (Å²) in [5.41, 5.74) is 1.14. The van der Waals surface area contributed by atoms with Crippen molar-refractivity contribution in [2.75, 3.05) is 17.4 Å². The molecule has 0 fully saturated rings. The molecule has 3 aromatic rings. The van der Waals surface area contributed by atoms with Gasteiger partial charge in [0.2, 0.25) is 6.79 Å². The van der Waals surface area contributed by atoms with E-state index in [1.54, 1.807) is 29.6 Å². The molecule has 1 aromatic carbocycles. The van der Waals surface area contributed by atoms with E-state index < -0.39 is 5.91 Å². The van der Waals surface area contributed by atoms with Crippen molar-refractivity contribution in [3.05, 3.63) is 58.8 Å². The molecule has 8 nitrogen and oxygen atoms in total. The van der Waals surface area contributed by atoms with Gasteiger partial charge in [0.25, 0.3) is 11.8 Å². The number of carbonyl (C=O) groups is 2. The van der Waals surface area contributed by atoms with Crippen molar-refractivity contribution in [3.63, 3.8) is 0 Å². The Balaban J connectivity index is 1.49. The fourth-order valence-corrected chi connectivity index (χ4v) is 3.09. The lowest BCUT2D eigenvalue weighted by Gasteiger charge is -2.08. The SMILES string of the molecule is O=C(Nc1ccsc1C(=O)Nc1ccc2c(c1)OCO2)c1cnccn1. The Hall–Kier alpha value is -3.46. The fourth-order valence-electron chi connectivity index (χ4n) is 2.35. The second-order valence-electron chi connectivity index (χ2n) is 5.23. The average Bonchev–Trinajstić information content (AvgIpc) is 3.31. The zero-order valence-corrected chi connectivity index (χ0v) is 14.1. The highest BCUT2D eigenvalue weighted by molar-refractivity contribution is 7.12. The van der Waals surface area contributed by atoms with Gasteiger partial charge in [-0.05, 0) is 23.6 Å². The van der Waals surface area contributed by atoms with E-state index in [-0.39, 0.29) is 18.4 Å². The molecule has 0 saturated carbocycles. The van der Waals surface area contributed by atoms with E-state index in [0.717, 1.165) is 0 Å². The smallest absolute Gasteiger partial charge is 0.275 e. The van der Waals surface area contributed by atoms with Crippen molar-refractivity contribution < 1.29 is 19.1 Å². The Morgan fingerprint density at radius 3 is 2.77 bits per heavy atom. The van der Waals surface area contributed by atoms with Gasteiger partial charge in [0, 0.05) is 24.1 Å². The molecule has 9 heteroatoms. The van der Waals surface area contributed by atoms with Gasteiger partial charge in [0.05, 0.1) is 11.9 Å². The Labute approximate surface area is 151 Å². The lowest BCUT2D eigenvalue weighted by molar-refractivity contribution is 0.102. The van der Waals surface area contributed by atoms with Crippen LogP contribution in [0.15, 0.2) is 48.2 Å². The second kappa shape index (κ2) is 6.81. The predicted molar refractivity (Wildman–Crippen MR) is 94.8 cm³/mol. The Kier molecular flexibility index (Phi) is 4.20. The van der Waals surface area contributed by atoms with Crippen molar-refractivity contribution >= 4 is 34.5 Å². The molecule has 0 aliphatic carbocycles. The molecule has 4 rings (SSSR count). The summed E-state index contributed by atoms with van der Waals surface area (Å²) in [6.45, 7) is 0.163. The summed E-state index contributed by atoms with van der Waals surface area (Å²) in [7, 11) is 0. The van der Waals surface area contributed by atoms with Crippen LogP contribution in [0.1, 0.15) is 20.2 Å². The standard InChI is InChI=1S/C17H12N4O4S/c22-16(12-8-18-4-5-19-12)21-11-3-6-26-15(11)17(23)20-10-1-2-13-14(7-10)25-9-24-13/h1-8H,9H2,(H,20,23)(H,21,22). The number of ether oxygens (including phenoxy) is 2. The van der Waals surface area contributed by atoms with E-state index in [2.05, 4.69) is 20.6 Å². The monoisotopic (exact) mass is 368 g/mol. The Morgan fingerprint density at radius 2 is 1.92 bits per heavy atom. The largest absolute Gasteiger partial charge is 0.454 e. The van der Waals surface area contributed by atoms with E-state index in [4.69, 9.17) is 9.47 Å². The average molecular weight is 368 g/mol. The zero-order chi connectivity index (χ0) is 17.9. The number of benzene rings is 1. The van der Waals surface area contributed by atoms with Crippen LogP contribution in [0, 0.1) is 0 Å². The molecule has 0 unspecified atom stereocenters. The second-order valence-corrected chi connectivity index (χ2v) is 6.15. The number of hydrogen-bond acceptors (Lipinski definition) is 7. The molecule has 130 valence electrons. The van der Waals surface area contributed by atoms with Crippen molar-refractivity contribution in [2.24, 2.45) is 0 Å². The number of nitrogens with one attached hydrogen (secondary N) is 2. The molecule has 0 saturated heterocycles. The minimum absolute atomic E-state index is 0.163. The fraction of sp³-hybridized carbons (Fsp3) is 0.0588. The maximum absolute atomic E-state index is 12.6. The van der Waals surface area contributed by atoms with E-state index in [0.29, 0.717) is 27.8 Å². The Morgan fingerprint density at radius 1 is 1.04 bits per heavy atom. The molecule has 0 bridgehead atoms. The van der Waals surface area contributed by atoms with Crippen LogP contribution in [0.5, 0.6) is 11.5 Å². The number of thiophene rings is 1. The minimum atomic E-state index is -0.436. The molecule has 0 spiro atoms. The highest BCUT2D eigenvalue weighted by Crippen LogP contribution is 2.34. The third kappa shape index (κ3) is 3.20. The van der Waals surface area contributed by atoms with Crippen molar-refractivity contribution in [3.8, 4) is 11.5 Å². The van der Waals surface area contributed by atoms with Crippen LogP contribution in [0.25, 0.3) is 0 Å². The van der Waals surface area contributed by atoms with Gasteiger partial charge < -0.3 is 20.1 Å². The highest BCUT2D eigenvalue weighted by atomic mass is 32.1. The van der Waals surface area contributed by atoms with Crippen molar-refractivity contribution in [1.29, 1.82) is 0 Å².